The molecule has 1 aromatic carbocycles. The molecule has 2 fully saturated rings. The first-order chi connectivity index (χ1) is 9.72. The second kappa shape index (κ2) is 5.74. The zero-order valence-corrected chi connectivity index (χ0v) is 12.9. The molecule has 2 aliphatic heterocycles. The van der Waals surface area contributed by atoms with Gasteiger partial charge in [0.25, 0.3) is 0 Å². The number of nitrogens with one attached hydrogen (secondary N) is 1. The van der Waals surface area contributed by atoms with Crippen LogP contribution in [-0.4, -0.2) is 37.7 Å². The molecular weight excluding hydrogens is 248 g/mol. The minimum atomic E-state index is 0.598. The van der Waals surface area contributed by atoms with Gasteiger partial charge >= 0.3 is 0 Å². The van der Waals surface area contributed by atoms with Crippen LogP contribution in [-0.2, 0) is 0 Å². The van der Waals surface area contributed by atoms with Crippen molar-refractivity contribution in [3.8, 4) is 5.75 Å². The number of piperazine rings is 1. The molecule has 0 amide bonds. The van der Waals surface area contributed by atoms with E-state index in [2.05, 4.69) is 36.2 Å². The van der Waals surface area contributed by atoms with Crippen molar-refractivity contribution in [1.82, 2.24) is 10.2 Å². The van der Waals surface area contributed by atoms with Crippen LogP contribution in [0.5, 0.6) is 5.75 Å². The second-order valence-electron chi connectivity index (χ2n) is 6.15. The summed E-state index contributed by atoms with van der Waals surface area (Å²) in [7, 11) is 1.76. The Morgan fingerprint density at radius 2 is 2.05 bits per heavy atom. The lowest BCUT2D eigenvalue weighted by molar-refractivity contribution is 0.0615. The van der Waals surface area contributed by atoms with E-state index in [1.54, 1.807) is 7.11 Å². The van der Waals surface area contributed by atoms with E-state index in [9.17, 15) is 0 Å². The van der Waals surface area contributed by atoms with Gasteiger partial charge in [-0.15, -0.1) is 0 Å². The monoisotopic (exact) mass is 274 g/mol. The molecule has 3 heteroatoms. The number of hydrogen-bond acceptors (Lipinski definition) is 3. The average molecular weight is 274 g/mol. The highest BCUT2D eigenvalue weighted by molar-refractivity contribution is 5.45. The molecule has 1 aromatic rings. The molecule has 0 aromatic heterocycles. The smallest absolute Gasteiger partial charge is 0.122 e. The normalized spacial score (nSPS) is 27.1. The van der Waals surface area contributed by atoms with Crippen LogP contribution >= 0.6 is 0 Å². The molecule has 1 N–H and O–H groups in total. The predicted molar refractivity (Wildman–Crippen MR) is 82.4 cm³/mol. The number of rotatable bonds is 2. The summed E-state index contributed by atoms with van der Waals surface area (Å²) in [5, 5.41) is 3.54. The van der Waals surface area contributed by atoms with Crippen molar-refractivity contribution in [2.45, 2.75) is 45.2 Å². The first kappa shape index (κ1) is 13.9. The minimum Gasteiger partial charge on any atom is -0.496 e. The number of benzene rings is 1. The van der Waals surface area contributed by atoms with Gasteiger partial charge in [0, 0.05) is 31.7 Å². The zero-order valence-electron chi connectivity index (χ0n) is 12.9. The fourth-order valence-electron chi connectivity index (χ4n) is 3.90. The largest absolute Gasteiger partial charge is 0.496 e. The highest BCUT2D eigenvalue weighted by Crippen LogP contribution is 2.38. The summed E-state index contributed by atoms with van der Waals surface area (Å²) in [6, 6.07) is 5.75. The first-order valence-corrected chi connectivity index (χ1v) is 7.83. The quantitative estimate of drug-likeness (QED) is 0.897. The standard InChI is InChI=1S/C17H26N2O/c1-12-13(2)17(20-3)8-7-15(12)16-6-4-5-14-11-18-9-10-19(14)16/h7-8,14,16,18H,4-6,9-11H2,1-3H3/t14-,16-/m0/s1. The van der Waals surface area contributed by atoms with Crippen LogP contribution in [0.1, 0.15) is 42.0 Å². The fraction of sp³-hybridized carbons (Fsp3) is 0.647. The molecule has 0 radical (unpaired) electrons. The maximum atomic E-state index is 5.45. The zero-order chi connectivity index (χ0) is 14.1. The van der Waals surface area contributed by atoms with Gasteiger partial charge in [-0.05, 0) is 55.9 Å². The van der Waals surface area contributed by atoms with Gasteiger partial charge < -0.3 is 10.1 Å². The number of nitrogens with zero attached hydrogens (tertiary/aromatic N) is 1. The van der Waals surface area contributed by atoms with Gasteiger partial charge in [0.2, 0.25) is 0 Å². The SMILES string of the molecule is COc1ccc([C@@H]2CCC[C@H]3CNCCN32)c(C)c1C. The molecule has 0 unspecified atom stereocenters. The van der Waals surface area contributed by atoms with Crippen LogP contribution in [0.15, 0.2) is 12.1 Å². The summed E-state index contributed by atoms with van der Waals surface area (Å²) in [4.78, 5) is 2.73. The lowest BCUT2D eigenvalue weighted by atomic mass is 9.86. The van der Waals surface area contributed by atoms with E-state index < -0.39 is 0 Å². The summed E-state index contributed by atoms with van der Waals surface area (Å²) in [6.45, 7) is 7.89. The highest BCUT2D eigenvalue weighted by Gasteiger charge is 2.33. The van der Waals surface area contributed by atoms with Crippen molar-refractivity contribution < 1.29 is 4.74 Å². The van der Waals surface area contributed by atoms with E-state index in [4.69, 9.17) is 4.74 Å². The molecule has 2 heterocycles. The second-order valence-corrected chi connectivity index (χ2v) is 6.15. The molecule has 0 bridgehead atoms. The number of fused-ring (bicyclic) bond motifs is 1. The third-order valence-electron chi connectivity index (χ3n) is 5.17. The van der Waals surface area contributed by atoms with Crippen LogP contribution in [0.25, 0.3) is 0 Å². The number of methoxy groups -OCH3 is 1. The van der Waals surface area contributed by atoms with Gasteiger partial charge in [0.05, 0.1) is 7.11 Å². The Balaban J connectivity index is 1.93. The molecule has 0 saturated carbocycles. The fourth-order valence-corrected chi connectivity index (χ4v) is 3.90. The molecule has 0 spiro atoms. The molecule has 2 atom stereocenters. The minimum absolute atomic E-state index is 0.598. The lowest BCUT2D eigenvalue weighted by Crippen LogP contribution is -2.54. The number of hydrogen-bond donors (Lipinski definition) is 1. The van der Waals surface area contributed by atoms with E-state index in [0.717, 1.165) is 24.9 Å². The van der Waals surface area contributed by atoms with Crippen LogP contribution < -0.4 is 10.1 Å². The van der Waals surface area contributed by atoms with Crippen molar-refractivity contribution in [2.75, 3.05) is 26.7 Å². The summed E-state index contributed by atoms with van der Waals surface area (Å²) < 4.78 is 5.45. The van der Waals surface area contributed by atoms with E-state index in [1.807, 2.05) is 0 Å². The Hall–Kier alpha value is -1.06. The van der Waals surface area contributed by atoms with Gasteiger partial charge in [-0.3, -0.25) is 4.90 Å². The molecule has 20 heavy (non-hydrogen) atoms. The van der Waals surface area contributed by atoms with Gasteiger partial charge in [-0.25, -0.2) is 0 Å². The number of piperidine rings is 1. The molecule has 3 nitrogen and oxygen atoms in total. The molecule has 2 aliphatic rings. The van der Waals surface area contributed by atoms with Crippen LogP contribution in [0.3, 0.4) is 0 Å². The van der Waals surface area contributed by atoms with Crippen molar-refractivity contribution in [1.29, 1.82) is 0 Å². The maximum Gasteiger partial charge on any atom is 0.122 e. The Morgan fingerprint density at radius 1 is 1.20 bits per heavy atom. The molecule has 0 aliphatic carbocycles. The maximum absolute atomic E-state index is 5.45. The van der Waals surface area contributed by atoms with E-state index in [0.29, 0.717) is 6.04 Å². The van der Waals surface area contributed by atoms with Crippen molar-refractivity contribution in [3.05, 3.63) is 28.8 Å². The highest BCUT2D eigenvalue weighted by atomic mass is 16.5. The Labute approximate surface area is 122 Å². The van der Waals surface area contributed by atoms with Gasteiger partial charge in [0.15, 0.2) is 0 Å². The topological polar surface area (TPSA) is 24.5 Å². The van der Waals surface area contributed by atoms with Gasteiger partial charge in [-0.1, -0.05) is 6.07 Å². The van der Waals surface area contributed by atoms with E-state index in [1.165, 1.54) is 42.5 Å². The molecule has 2 saturated heterocycles. The predicted octanol–water partition coefficient (Wildman–Crippen LogP) is 2.81. The van der Waals surface area contributed by atoms with Crippen molar-refractivity contribution in [3.63, 3.8) is 0 Å². The molecule has 3 rings (SSSR count). The summed E-state index contributed by atoms with van der Waals surface area (Å²) >= 11 is 0. The van der Waals surface area contributed by atoms with Crippen LogP contribution in [0, 0.1) is 13.8 Å². The Kier molecular flexibility index (Phi) is 3.99. The lowest BCUT2D eigenvalue weighted by Gasteiger charge is -2.46. The van der Waals surface area contributed by atoms with Crippen LogP contribution in [0.2, 0.25) is 0 Å². The Bertz CT molecular complexity index is 484. The van der Waals surface area contributed by atoms with Crippen molar-refractivity contribution in [2.24, 2.45) is 0 Å². The van der Waals surface area contributed by atoms with E-state index >= 15 is 0 Å². The third-order valence-corrected chi connectivity index (χ3v) is 5.17. The average Bonchev–Trinajstić information content (AvgIpc) is 2.50. The van der Waals surface area contributed by atoms with Crippen LogP contribution in [0.4, 0.5) is 0 Å². The third kappa shape index (κ3) is 2.33. The van der Waals surface area contributed by atoms with E-state index in [-0.39, 0.29) is 0 Å². The molecular formula is C17H26N2O. The summed E-state index contributed by atoms with van der Waals surface area (Å²) in [6.07, 6.45) is 3.98. The van der Waals surface area contributed by atoms with Gasteiger partial charge in [0.1, 0.15) is 5.75 Å². The summed E-state index contributed by atoms with van der Waals surface area (Å²) in [5.41, 5.74) is 4.21. The summed E-state index contributed by atoms with van der Waals surface area (Å²) in [5.74, 6) is 1.01. The Morgan fingerprint density at radius 3 is 2.85 bits per heavy atom. The number of ether oxygens (including phenoxy) is 1. The first-order valence-electron chi connectivity index (χ1n) is 7.83. The molecule has 110 valence electrons. The van der Waals surface area contributed by atoms with Crippen molar-refractivity contribution >= 4 is 0 Å². The van der Waals surface area contributed by atoms with Gasteiger partial charge in [-0.2, -0.15) is 0 Å².